The summed E-state index contributed by atoms with van der Waals surface area (Å²) in [6.45, 7) is 6.19. The molecule has 1 aliphatic rings. The molecule has 1 N–H and O–H groups in total. The van der Waals surface area contributed by atoms with Crippen molar-refractivity contribution in [2.24, 2.45) is 5.92 Å². The third-order valence-electron chi connectivity index (χ3n) is 4.75. The van der Waals surface area contributed by atoms with E-state index >= 15 is 0 Å². The predicted octanol–water partition coefficient (Wildman–Crippen LogP) is 4.85. The van der Waals surface area contributed by atoms with Crippen molar-refractivity contribution in [2.75, 3.05) is 5.75 Å². The zero-order chi connectivity index (χ0) is 20.1. The van der Waals surface area contributed by atoms with Crippen LogP contribution < -0.4 is 5.32 Å². The highest BCUT2D eigenvalue weighted by atomic mass is 32.2. The van der Waals surface area contributed by atoms with Crippen LogP contribution >= 0.6 is 34.9 Å². The Morgan fingerprint density at radius 2 is 1.93 bits per heavy atom. The van der Waals surface area contributed by atoms with Crippen molar-refractivity contribution in [1.82, 2.24) is 15.5 Å². The van der Waals surface area contributed by atoms with Gasteiger partial charge in [0.25, 0.3) is 0 Å². The van der Waals surface area contributed by atoms with Crippen LogP contribution in [0.3, 0.4) is 0 Å². The highest BCUT2D eigenvalue weighted by molar-refractivity contribution is 8.03. The molecule has 0 bridgehead atoms. The van der Waals surface area contributed by atoms with E-state index < -0.39 is 5.54 Å². The van der Waals surface area contributed by atoms with Crippen molar-refractivity contribution in [3.8, 4) is 6.07 Å². The lowest BCUT2D eigenvalue weighted by atomic mass is 9.98. The Balaban J connectivity index is 1.45. The van der Waals surface area contributed by atoms with Gasteiger partial charge in [0.1, 0.15) is 5.54 Å². The van der Waals surface area contributed by atoms with Gasteiger partial charge in [-0.15, -0.1) is 10.2 Å². The maximum atomic E-state index is 12.2. The first-order valence-corrected chi connectivity index (χ1v) is 12.1. The average Bonchev–Trinajstić information content (AvgIpc) is 3.45. The molecule has 1 aromatic carbocycles. The number of hydrogen-bond acceptors (Lipinski definition) is 7. The zero-order valence-electron chi connectivity index (χ0n) is 16.3. The molecule has 0 radical (unpaired) electrons. The molecule has 3 rings (SSSR count). The summed E-state index contributed by atoms with van der Waals surface area (Å²) in [5, 5.41) is 20.6. The van der Waals surface area contributed by atoms with E-state index in [0.29, 0.717) is 5.92 Å². The van der Waals surface area contributed by atoms with Crippen molar-refractivity contribution in [3.05, 3.63) is 35.4 Å². The molecule has 1 saturated carbocycles. The van der Waals surface area contributed by atoms with E-state index in [0.717, 1.165) is 27.3 Å². The van der Waals surface area contributed by atoms with Crippen LogP contribution in [0, 0.1) is 17.2 Å². The SMILES string of the molecule is CC(C)c1ccc(CSc2nnc(SCC(=O)NC(C)(C#N)C3CC3)s2)cc1. The molecule has 5 nitrogen and oxygen atoms in total. The van der Waals surface area contributed by atoms with Crippen molar-refractivity contribution >= 4 is 40.8 Å². The summed E-state index contributed by atoms with van der Waals surface area (Å²) in [6, 6.07) is 10.9. The van der Waals surface area contributed by atoms with E-state index in [9.17, 15) is 10.1 Å². The summed E-state index contributed by atoms with van der Waals surface area (Å²) < 4.78 is 1.67. The monoisotopic (exact) mass is 432 g/mol. The van der Waals surface area contributed by atoms with Gasteiger partial charge in [0, 0.05) is 5.75 Å². The van der Waals surface area contributed by atoms with Crippen LogP contribution in [0.1, 0.15) is 50.7 Å². The molecule has 1 heterocycles. The highest BCUT2D eigenvalue weighted by Gasteiger charge is 2.42. The number of carbonyl (C=O) groups is 1. The van der Waals surface area contributed by atoms with Crippen LogP contribution in [0.2, 0.25) is 0 Å². The fraction of sp³-hybridized carbons (Fsp3) is 0.500. The minimum atomic E-state index is -0.745. The maximum absolute atomic E-state index is 12.2. The number of carbonyl (C=O) groups excluding carboxylic acids is 1. The van der Waals surface area contributed by atoms with Crippen LogP contribution in [-0.4, -0.2) is 27.4 Å². The summed E-state index contributed by atoms with van der Waals surface area (Å²) in [7, 11) is 0. The molecule has 1 unspecified atom stereocenters. The molecular formula is C20H24N4OS3. The van der Waals surface area contributed by atoms with E-state index in [2.05, 4.69) is 59.7 Å². The predicted molar refractivity (Wildman–Crippen MR) is 116 cm³/mol. The van der Waals surface area contributed by atoms with Gasteiger partial charge < -0.3 is 5.32 Å². The molecule has 1 aromatic heterocycles. The van der Waals surface area contributed by atoms with Gasteiger partial charge in [-0.2, -0.15) is 5.26 Å². The molecule has 0 saturated heterocycles. The first kappa shape index (κ1) is 21.2. The average molecular weight is 433 g/mol. The molecule has 2 aromatic rings. The Morgan fingerprint density at radius 3 is 2.50 bits per heavy atom. The topological polar surface area (TPSA) is 78.7 Å². The number of thioether (sulfide) groups is 2. The van der Waals surface area contributed by atoms with Crippen LogP contribution in [0.5, 0.6) is 0 Å². The van der Waals surface area contributed by atoms with E-state index in [1.54, 1.807) is 18.7 Å². The van der Waals surface area contributed by atoms with Crippen LogP contribution in [0.15, 0.2) is 32.9 Å². The molecule has 0 aliphatic heterocycles. The molecule has 8 heteroatoms. The minimum Gasteiger partial charge on any atom is -0.337 e. The van der Waals surface area contributed by atoms with Crippen LogP contribution in [0.4, 0.5) is 0 Å². The van der Waals surface area contributed by atoms with Crippen molar-refractivity contribution in [2.45, 2.75) is 59.5 Å². The molecule has 1 aliphatic carbocycles. The number of hydrogen-bond donors (Lipinski definition) is 1. The second kappa shape index (κ2) is 9.29. The molecular weight excluding hydrogens is 408 g/mol. The molecule has 1 atom stereocenters. The fourth-order valence-electron chi connectivity index (χ4n) is 2.79. The normalized spacial score (nSPS) is 15.8. The first-order valence-electron chi connectivity index (χ1n) is 9.30. The summed E-state index contributed by atoms with van der Waals surface area (Å²) in [5.74, 6) is 1.79. The second-order valence-electron chi connectivity index (χ2n) is 7.44. The van der Waals surface area contributed by atoms with Crippen LogP contribution in [0.25, 0.3) is 0 Å². The maximum Gasteiger partial charge on any atom is 0.231 e. The van der Waals surface area contributed by atoms with Crippen molar-refractivity contribution < 1.29 is 4.79 Å². The Morgan fingerprint density at radius 1 is 1.29 bits per heavy atom. The largest absolute Gasteiger partial charge is 0.337 e. The van der Waals surface area contributed by atoms with Crippen LogP contribution in [-0.2, 0) is 10.5 Å². The standard InChI is InChI=1S/C20H24N4OS3/c1-13(2)15-6-4-14(5-7-15)10-26-18-23-24-19(28-18)27-11-17(25)22-20(3,12-21)16-8-9-16/h4-7,13,16H,8-11H2,1-3H3,(H,22,25). The quantitative estimate of drug-likeness (QED) is 0.570. The first-order chi connectivity index (χ1) is 13.4. The van der Waals surface area contributed by atoms with Gasteiger partial charge in [0.2, 0.25) is 5.91 Å². The van der Waals surface area contributed by atoms with Gasteiger partial charge in [0.05, 0.1) is 11.8 Å². The van der Waals surface area contributed by atoms with E-state index in [-0.39, 0.29) is 17.6 Å². The lowest BCUT2D eigenvalue weighted by Crippen LogP contribution is -2.47. The number of nitriles is 1. The third kappa shape index (κ3) is 5.72. The summed E-state index contributed by atoms with van der Waals surface area (Å²) >= 11 is 4.53. The Bertz CT molecular complexity index is 855. The number of rotatable bonds is 9. The minimum absolute atomic E-state index is 0.129. The number of nitrogens with one attached hydrogen (secondary N) is 1. The van der Waals surface area contributed by atoms with E-state index in [1.165, 1.54) is 34.2 Å². The lowest BCUT2D eigenvalue weighted by Gasteiger charge is -2.22. The third-order valence-corrected chi connectivity index (χ3v) is 8.01. The van der Waals surface area contributed by atoms with Gasteiger partial charge in [-0.05, 0) is 42.7 Å². The van der Waals surface area contributed by atoms with E-state index in [1.807, 2.05) is 0 Å². The number of amides is 1. The molecule has 0 spiro atoms. The summed E-state index contributed by atoms with van der Waals surface area (Å²) in [4.78, 5) is 12.2. The van der Waals surface area contributed by atoms with Crippen molar-refractivity contribution in [3.63, 3.8) is 0 Å². The zero-order valence-corrected chi connectivity index (χ0v) is 18.7. The molecule has 1 fully saturated rings. The second-order valence-corrected chi connectivity index (χ2v) is 10.9. The summed E-state index contributed by atoms with van der Waals surface area (Å²) in [5.41, 5.74) is 1.86. The van der Waals surface area contributed by atoms with E-state index in [4.69, 9.17) is 0 Å². The Hall–Kier alpha value is -1.56. The van der Waals surface area contributed by atoms with Gasteiger partial charge >= 0.3 is 0 Å². The number of aromatic nitrogens is 2. The van der Waals surface area contributed by atoms with Gasteiger partial charge in [-0.25, -0.2) is 0 Å². The van der Waals surface area contributed by atoms with Gasteiger partial charge in [0.15, 0.2) is 8.68 Å². The highest BCUT2D eigenvalue weighted by Crippen LogP contribution is 2.39. The molecule has 1 amide bonds. The Labute approximate surface area is 178 Å². The van der Waals surface area contributed by atoms with Crippen molar-refractivity contribution in [1.29, 1.82) is 5.26 Å². The summed E-state index contributed by atoms with van der Waals surface area (Å²) in [6.07, 6.45) is 2.02. The van der Waals surface area contributed by atoms with Gasteiger partial charge in [-0.3, -0.25) is 4.79 Å². The smallest absolute Gasteiger partial charge is 0.231 e. The molecule has 28 heavy (non-hydrogen) atoms. The van der Waals surface area contributed by atoms with Gasteiger partial charge in [-0.1, -0.05) is 73.0 Å². The number of nitrogens with zero attached hydrogens (tertiary/aromatic N) is 3. The fourth-order valence-corrected chi connectivity index (χ4v) is 5.57. The Kier molecular flexibility index (Phi) is 7.02. The lowest BCUT2D eigenvalue weighted by molar-refractivity contribution is -0.119. The molecule has 148 valence electrons. The number of benzene rings is 1.